The minimum absolute atomic E-state index is 0.144. The Morgan fingerprint density at radius 2 is 1.56 bits per heavy atom. The van der Waals surface area contributed by atoms with Gasteiger partial charge in [-0.2, -0.15) is 0 Å². The van der Waals surface area contributed by atoms with Crippen LogP contribution in [0.3, 0.4) is 0 Å². The number of carbonyl (C=O) groups excluding carboxylic acids is 1. The van der Waals surface area contributed by atoms with Crippen LogP contribution in [-0.2, 0) is 32.9 Å². The Kier molecular flexibility index (Phi) is 6.86. The molecule has 0 N–H and O–H groups in total. The lowest BCUT2D eigenvalue weighted by Gasteiger charge is -2.17. The Hall–Kier alpha value is -2.53. The number of esters is 1. The van der Waals surface area contributed by atoms with E-state index in [-0.39, 0.29) is 18.0 Å². The van der Waals surface area contributed by atoms with E-state index in [0.29, 0.717) is 17.7 Å². The van der Waals surface area contributed by atoms with Gasteiger partial charge in [-0.25, -0.2) is 14.8 Å². The van der Waals surface area contributed by atoms with Crippen LogP contribution in [0.15, 0.2) is 42.2 Å². The van der Waals surface area contributed by atoms with E-state index >= 15 is 0 Å². The minimum atomic E-state index is -0.380. The Bertz CT molecular complexity index is 814. The molecule has 5 heteroatoms. The van der Waals surface area contributed by atoms with Crippen molar-refractivity contribution < 1.29 is 14.3 Å². The Morgan fingerprint density at radius 3 is 2.04 bits per heavy atom. The molecular weight excluding hydrogens is 340 g/mol. The van der Waals surface area contributed by atoms with E-state index in [2.05, 4.69) is 30.7 Å². The van der Waals surface area contributed by atoms with E-state index in [1.165, 1.54) is 0 Å². The van der Waals surface area contributed by atoms with E-state index in [4.69, 9.17) is 9.47 Å². The summed E-state index contributed by atoms with van der Waals surface area (Å²) < 4.78 is 10.8. The SMILES string of the molecule is COCc1ccccc1COC(=O)C(=C(C)C)c1cnc(C(C)(C)C)nc1. The summed E-state index contributed by atoms with van der Waals surface area (Å²) in [5, 5.41) is 0. The maximum absolute atomic E-state index is 12.7. The number of hydrogen-bond acceptors (Lipinski definition) is 5. The highest BCUT2D eigenvalue weighted by Gasteiger charge is 2.20. The molecule has 1 aromatic heterocycles. The number of allylic oxidation sites excluding steroid dienone is 1. The van der Waals surface area contributed by atoms with Crippen LogP contribution in [0.2, 0.25) is 0 Å². The highest BCUT2D eigenvalue weighted by molar-refractivity contribution is 6.17. The van der Waals surface area contributed by atoms with Crippen molar-refractivity contribution in [2.24, 2.45) is 0 Å². The number of rotatable bonds is 6. The second-order valence-corrected chi connectivity index (χ2v) is 7.70. The molecule has 0 atom stereocenters. The van der Waals surface area contributed by atoms with Gasteiger partial charge in [-0.05, 0) is 25.0 Å². The van der Waals surface area contributed by atoms with Gasteiger partial charge in [0.15, 0.2) is 0 Å². The number of nitrogens with zero attached hydrogens (tertiary/aromatic N) is 2. The molecule has 0 amide bonds. The average Bonchev–Trinajstić information content (AvgIpc) is 2.61. The summed E-state index contributed by atoms with van der Waals surface area (Å²) in [6.07, 6.45) is 3.38. The van der Waals surface area contributed by atoms with E-state index in [1.807, 2.05) is 38.1 Å². The highest BCUT2D eigenvalue weighted by atomic mass is 16.5. The molecule has 0 aliphatic rings. The molecule has 5 nitrogen and oxygen atoms in total. The monoisotopic (exact) mass is 368 g/mol. The van der Waals surface area contributed by atoms with Gasteiger partial charge >= 0.3 is 5.97 Å². The third-order valence-electron chi connectivity index (χ3n) is 4.09. The molecule has 2 rings (SSSR count). The molecule has 0 bridgehead atoms. The second-order valence-electron chi connectivity index (χ2n) is 7.70. The van der Waals surface area contributed by atoms with E-state index in [9.17, 15) is 4.79 Å². The van der Waals surface area contributed by atoms with Gasteiger partial charge in [0.05, 0.1) is 12.2 Å². The number of carbonyl (C=O) groups is 1. The number of ether oxygens (including phenoxy) is 2. The van der Waals surface area contributed by atoms with Gasteiger partial charge in [0.25, 0.3) is 0 Å². The van der Waals surface area contributed by atoms with Crippen molar-refractivity contribution in [1.82, 2.24) is 9.97 Å². The van der Waals surface area contributed by atoms with Crippen LogP contribution in [-0.4, -0.2) is 23.0 Å². The molecule has 0 radical (unpaired) electrons. The Morgan fingerprint density at radius 1 is 1.00 bits per heavy atom. The predicted octanol–water partition coefficient (Wildman–Crippen LogP) is 4.46. The summed E-state index contributed by atoms with van der Waals surface area (Å²) in [7, 11) is 1.64. The summed E-state index contributed by atoms with van der Waals surface area (Å²) in [6.45, 7) is 10.6. The van der Waals surface area contributed by atoms with E-state index < -0.39 is 0 Å². The van der Waals surface area contributed by atoms with Crippen molar-refractivity contribution in [1.29, 1.82) is 0 Å². The number of methoxy groups -OCH3 is 1. The molecule has 0 unspecified atom stereocenters. The molecule has 144 valence electrons. The van der Waals surface area contributed by atoms with E-state index in [1.54, 1.807) is 19.5 Å². The van der Waals surface area contributed by atoms with Crippen LogP contribution in [0.4, 0.5) is 0 Å². The molecule has 0 spiro atoms. The van der Waals surface area contributed by atoms with Crippen molar-refractivity contribution in [2.45, 2.75) is 53.2 Å². The molecule has 2 aromatic rings. The summed E-state index contributed by atoms with van der Waals surface area (Å²) in [5.41, 5.74) is 3.81. The molecule has 1 aromatic carbocycles. The third kappa shape index (κ3) is 5.47. The quantitative estimate of drug-likeness (QED) is 0.556. The zero-order valence-corrected chi connectivity index (χ0v) is 17.0. The molecular formula is C22H28N2O3. The maximum atomic E-state index is 12.7. The van der Waals surface area contributed by atoms with Crippen molar-refractivity contribution in [2.75, 3.05) is 7.11 Å². The average molecular weight is 368 g/mol. The maximum Gasteiger partial charge on any atom is 0.339 e. The molecule has 1 heterocycles. The first-order valence-corrected chi connectivity index (χ1v) is 8.97. The Labute approximate surface area is 161 Å². The lowest BCUT2D eigenvalue weighted by Crippen LogP contribution is -2.16. The summed E-state index contributed by atoms with van der Waals surface area (Å²) in [4.78, 5) is 21.6. The van der Waals surface area contributed by atoms with Crippen LogP contribution in [0, 0.1) is 0 Å². The Balaban J connectivity index is 2.18. The number of benzene rings is 1. The summed E-state index contributed by atoms with van der Waals surface area (Å²) in [6, 6.07) is 7.76. The molecule has 0 aliphatic carbocycles. The van der Waals surface area contributed by atoms with E-state index in [0.717, 1.165) is 22.5 Å². The number of hydrogen-bond donors (Lipinski definition) is 0. The lowest BCUT2D eigenvalue weighted by molar-refractivity contribution is -0.137. The van der Waals surface area contributed by atoms with Crippen LogP contribution < -0.4 is 0 Å². The fraction of sp³-hybridized carbons (Fsp3) is 0.409. The highest BCUT2D eigenvalue weighted by Crippen LogP contribution is 2.23. The predicted molar refractivity (Wildman–Crippen MR) is 106 cm³/mol. The van der Waals surface area contributed by atoms with Gasteiger partial charge in [0.1, 0.15) is 12.4 Å². The first kappa shape index (κ1) is 20.8. The summed E-state index contributed by atoms with van der Waals surface area (Å²) in [5.74, 6) is 0.357. The van der Waals surface area contributed by atoms with Gasteiger partial charge < -0.3 is 9.47 Å². The standard InChI is InChI=1S/C22H28N2O3/c1-15(2)19(18-11-23-21(24-12-18)22(3,4)5)20(25)27-14-17-10-8-7-9-16(17)13-26-6/h7-12H,13-14H2,1-6H3. The fourth-order valence-electron chi connectivity index (χ4n) is 2.67. The summed E-state index contributed by atoms with van der Waals surface area (Å²) >= 11 is 0. The van der Waals surface area contributed by atoms with Crippen molar-refractivity contribution in [3.63, 3.8) is 0 Å². The van der Waals surface area contributed by atoms with Crippen LogP contribution in [0.5, 0.6) is 0 Å². The zero-order valence-electron chi connectivity index (χ0n) is 17.0. The molecule has 0 fully saturated rings. The molecule has 27 heavy (non-hydrogen) atoms. The topological polar surface area (TPSA) is 61.3 Å². The second kappa shape index (κ2) is 8.91. The fourth-order valence-corrected chi connectivity index (χ4v) is 2.67. The largest absolute Gasteiger partial charge is 0.457 e. The normalized spacial score (nSPS) is 11.2. The smallest absolute Gasteiger partial charge is 0.339 e. The molecule has 0 aliphatic heterocycles. The van der Waals surface area contributed by atoms with Gasteiger partial charge in [-0.15, -0.1) is 0 Å². The third-order valence-corrected chi connectivity index (χ3v) is 4.09. The first-order valence-electron chi connectivity index (χ1n) is 8.97. The van der Waals surface area contributed by atoms with Gasteiger partial charge in [0, 0.05) is 30.5 Å². The van der Waals surface area contributed by atoms with Gasteiger partial charge in [-0.3, -0.25) is 0 Å². The van der Waals surface area contributed by atoms with Gasteiger partial charge in [-0.1, -0.05) is 50.6 Å². The minimum Gasteiger partial charge on any atom is -0.457 e. The van der Waals surface area contributed by atoms with Crippen LogP contribution in [0.25, 0.3) is 5.57 Å². The number of aromatic nitrogens is 2. The van der Waals surface area contributed by atoms with Crippen LogP contribution >= 0.6 is 0 Å². The lowest BCUT2D eigenvalue weighted by atomic mass is 9.95. The first-order chi connectivity index (χ1) is 12.7. The molecule has 0 saturated heterocycles. The van der Waals surface area contributed by atoms with Gasteiger partial charge in [0.2, 0.25) is 0 Å². The van der Waals surface area contributed by atoms with Crippen molar-refractivity contribution in [3.05, 3.63) is 64.7 Å². The van der Waals surface area contributed by atoms with Crippen molar-refractivity contribution >= 4 is 11.5 Å². The van der Waals surface area contributed by atoms with Crippen LogP contribution in [0.1, 0.15) is 57.1 Å². The van der Waals surface area contributed by atoms with Crippen molar-refractivity contribution in [3.8, 4) is 0 Å². The molecule has 0 saturated carbocycles. The zero-order chi connectivity index (χ0) is 20.0.